The fourth-order valence-corrected chi connectivity index (χ4v) is 3.36. The summed E-state index contributed by atoms with van der Waals surface area (Å²) in [6.45, 7) is 2.08. The number of nitrogens with zero attached hydrogens (tertiary/aromatic N) is 1. The lowest BCUT2D eigenvalue weighted by atomic mass is 10.2. The average Bonchev–Trinajstić information content (AvgIpc) is 2.71. The van der Waals surface area contributed by atoms with Crippen molar-refractivity contribution in [2.24, 2.45) is 0 Å². The van der Waals surface area contributed by atoms with Gasteiger partial charge in [-0.3, -0.25) is 4.79 Å². The largest absolute Gasteiger partial charge is 0.305 e. The molecular formula is C11H10BrIN2OS. The van der Waals surface area contributed by atoms with E-state index in [1.165, 1.54) is 0 Å². The average molecular weight is 425 g/mol. The van der Waals surface area contributed by atoms with Crippen LogP contribution in [0.15, 0.2) is 20.7 Å². The van der Waals surface area contributed by atoms with E-state index in [9.17, 15) is 4.79 Å². The van der Waals surface area contributed by atoms with Gasteiger partial charge >= 0.3 is 0 Å². The van der Waals surface area contributed by atoms with Crippen molar-refractivity contribution >= 4 is 49.9 Å². The van der Waals surface area contributed by atoms with Gasteiger partial charge in [0, 0.05) is 9.85 Å². The maximum absolute atomic E-state index is 11.8. The summed E-state index contributed by atoms with van der Waals surface area (Å²) in [5, 5.41) is 1.98. The molecule has 0 aliphatic carbocycles. The Morgan fingerprint density at radius 2 is 2.35 bits per heavy atom. The molecule has 6 heteroatoms. The van der Waals surface area contributed by atoms with Crippen LogP contribution < -0.4 is 5.56 Å². The molecule has 2 heterocycles. The van der Waals surface area contributed by atoms with E-state index >= 15 is 0 Å². The quantitative estimate of drug-likeness (QED) is 0.761. The summed E-state index contributed by atoms with van der Waals surface area (Å²) in [5.74, 6) is 0.662. The van der Waals surface area contributed by atoms with Crippen molar-refractivity contribution in [3.63, 3.8) is 0 Å². The molecule has 0 unspecified atom stereocenters. The Kier molecular flexibility index (Phi) is 4.37. The maximum Gasteiger partial charge on any atom is 0.264 e. The number of aryl methyl sites for hydroxylation is 1. The second-order valence-electron chi connectivity index (χ2n) is 3.55. The minimum absolute atomic E-state index is 0.0522. The summed E-state index contributed by atoms with van der Waals surface area (Å²) in [7, 11) is 0. The van der Waals surface area contributed by atoms with Crippen molar-refractivity contribution in [2.75, 3.05) is 0 Å². The third kappa shape index (κ3) is 2.97. The number of thiophene rings is 1. The fraction of sp³-hybridized carbons (Fsp3) is 0.273. The molecule has 2 aromatic rings. The van der Waals surface area contributed by atoms with Crippen LogP contribution in [0.3, 0.4) is 0 Å². The van der Waals surface area contributed by atoms with E-state index < -0.39 is 0 Å². The topological polar surface area (TPSA) is 45.8 Å². The third-order valence-electron chi connectivity index (χ3n) is 2.22. The number of nitrogens with one attached hydrogen (secondary N) is 1. The molecular weight excluding hydrogens is 415 g/mol. The predicted octanol–water partition coefficient (Wildman–Crippen LogP) is 3.82. The molecule has 0 fully saturated rings. The van der Waals surface area contributed by atoms with Crippen molar-refractivity contribution in [3.05, 3.63) is 35.5 Å². The second-order valence-corrected chi connectivity index (χ2v) is 6.46. The molecule has 2 rings (SSSR count). The van der Waals surface area contributed by atoms with Crippen LogP contribution in [-0.2, 0) is 6.42 Å². The minimum Gasteiger partial charge on any atom is -0.305 e. The first-order chi connectivity index (χ1) is 8.11. The highest BCUT2D eigenvalue weighted by Gasteiger charge is 2.10. The van der Waals surface area contributed by atoms with Crippen molar-refractivity contribution < 1.29 is 0 Å². The van der Waals surface area contributed by atoms with Crippen molar-refractivity contribution in [1.29, 1.82) is 0 Å². The summed E-state index contributed by atoms with van der Waals surface area (Å²) >= 11 is 7.02. The molecule has 0 saturated carbocycles. The predicted molar refractivity (Wildman–Crippen MR) is 82.6 cm³/mol. The molecule has 0 amide bonds. The molecule has 0 aliphatic rings. The standard InChI is InChI=1S/C11H10BrIN2OS/c1-2-3-7-9(13)11(16)15-10(14-7)8-4-6(12)5-17-8/h4-5H,2-3H2,1H3,(H,14,15,16). The summed E-state index contributed by atoms with van der Waals surface area (Å²) in [5.41, 5.74) is 0.833. The molecule has 0 saturated heterocycles. The van der Waals surface area contributed by atoms with Gasteiger partial charge in [-0.15, -0.1) is 11.3 Å². The monoisotopic (exact) mass is 424 g/mol. The zero-order valence-corrected chi connectivity index (χ0v) is 13.6. The van der Waals surface area contributed by atoms with Crippen LogP contribution in [0.5, 0.6) is 0 Å². The van der Waals surface area contributed by atoms with Gasteiger partial charge in [0.15, 0.2) is 5.82 Å². The van der Waals surface area contributed by atoms with Gasteiger partial charge in [-0.2, -0.15) is 0 Å². The molecule has 90 valence electrons. The van der Waals surface area contributed by atoms with E-state index in [-0.39, 0.29) is 5.56 Å². The van der Waals surface area contributed by atoms with Crippen LogP contribution in [0.25, 0.3) is 10.7 Å². The molecule has 0 bridgehead atoms. The lowest BCUT2D eigenvalue weighted by molar-refractivity contribution is 0.861. The highest BCUT2D eigenvalue weighted by molar-refractivity contribution is 14.1. The molecule has 3 nitrogen and oxygen atoms in total. The van der Waals surface area contributed by atoms with Gasteiger partial charge in [0.1, 0.15) is 0 Å². The van der Waals surface area contributed by atoms with Crippen LogP contribution in [-0.4, -0.2) is 9.97 Å². The van der Waals surface area contributed by atoms with Crippen LogP contribution in [0.4, 0.5) is 0 Å². The number of aromatic amines is 1. The zero-order chi connectivity index (χ0) is 12.4. The first-order valence-electron chi connectivity index (χ1n) is 5.15. The second kappa shape index (κ2) is 5.62. The van der Waals surface area contributed by atoms with E-state index in [4.69, 9.17) is 0 Å². The van der Waals surface area contributed by atoms with Gasteiger partial charge in [-0.25, -0.2) is 4.98 Å². The van der Waals surface area contributed by atoms with Gasteiger partial charge < -0.3 is 4.98 Å². The lowest BCUT2D eigenvalue weighted by Crippen LogP contribution is -2.16. The Morgan fingerprint density at radius 1 is 1.59 bits per heavy atom. The number of hydrogen-bond acceptors (Lipinski definition) is 3. The maximum atomic E-state index is 11.8. The van der Waals surface area contributed by atoms with E-state index in [2.05, 4.69) is 55.4 Å². The van der Waals surface area contributed by atoms with Gasteiger partial charge in [0.25, 0.3) is 5.56 Å². The Morgan fingerprint density at radius 3 is 2.94 bits per heavy atom. The summed E-state index contributed by atoms with van der Waals surface area (Å²) < 4.78 is 1.71. The van der Waals surface area contributed by atoms with Gasteiger partial charge in [0.05, 0.1) is 14.1 Å². The van der Waals surface area contributed by atoms with Crippen molar-refractivity contribution in [2.45, 2.75) is 19.8 Å². The molecule has 2 aromatic heterocycles. The molecule has 0 atom stereocenters. The summed E-state index contributed by atoms with van der Waals surface area (Å²) in [6, 6.07) is 1.96. The van der Waals surface area contributed by atoms with E-state index in [0.717, 1.165) is 27.9 Å². The van der Waals surface area contributed by atoms with Crippen molar-refractivity contribution in [3.8, 4) is 10.7 Å². The van der Waals surface area contributed by atoms with Crippen LogP contribution >= 0.6 is 49.9 Å². The number of hydrogen-bond donors (Lipinski definition) is 1. The van der Waals surface area contributed by atoms with Gasteiger partial charge in [-0.05, 0) is 51.0 Å². The number of aromatic nitrogens is 2. The van der Waals surface area contributed by atoms with Crippen LogP contribution in [0.1, 0.15) is 19.0 Å². The van der Waals surface area contributed by atoms with Crippen molar-refractivity contribution in [1.82, 2.24) is 9.97 Å². The first-order valence-corrected chi connectivity index (χ1v) is 7.90. The van der Waals surface area contributed by atoms with E-state index in [0.29, 0.717) is 9.39 Å². The van der Waals surface area contributed by atoms with Crippen LogP contribution in [0, 0.1) is 3.57 Å². The lowest BCUT2D eigenvalue weighted by Gasteiger charge is -2.04. The van der Waals surface area contributed by atoms with Gasteiger partial charge in [0.2, 0.25) is 0 Å². The van der Waals surface area contributed by atoms with E-state index in [1.807, 2.05) is 11.4 Å². The number of halogens is 2. The molecule has 0 aromatic carbocycles. The van der Waals surface area contributed by atoms with E-state index in [1.54, 1.807) is 11.3 Å². The van der Waals surface area contributed by atoms with Gasteiger partial charge in [-0.1, -0.05) is 13.3 Å². The minimum atomic E-state index is -0.0522. The van der Waals surface area contributed by atoms with Crippen LogP contribution in [0.2, 0.25) is 0 Å². The molecule has 0 spiro atoms. The molecule has 1 N–H and O–H groups in total. The summed E-state index contributed by atoms with van der Waals surface area (Å²) in [6.07, 6.45) is 1.82. The highest BCUT2D eigenvalue weighted by Crippen LogP contribution is 2.27. The molecule has 17 heavy (non-hydrogen) atoms. The number of H-pyrrole nitrogens is 1. The highest BCUT2D eigenvalue weighted by atomic mass is 127. The third-order valence-corrected chi connectivity index (χ3v) is 5.03. The summed E-state index contributed by atoms with van der Waals surface area (Å²) in [4.78, 5) is 20.1. The fourth-order valence-electron chi connectivity index (χ4n) is 1.46. The molecule has 0 aliphatic heterocycles. The molecule has 0 radical (unpaired) electrons. The Bertz CT molecular complexity index is 593. The first kappa shape index (κ1) is 13.2. The normalized spacial score (nSPS) is 10.8. The smallest absolute Gasteiger partial charge is 0.264 e. The zero-order valence-electron chi connectivity index (χ0n) is 9.09. The Labute approximate surface area is 125 Å². The Balaban J connectivity index is 2.52. The Hall–Kier alpha value is -0.210. The SMILES string of the molecule is CCCc1nc(-c2cc(Br)cs2)[nH]c(=O)c1I. The number of rotatable bonds is 3.